The summed E-state index contributed by atoms with van der Waals surface area (Å²) < 4.78 is 45.1. The minimum atomic E-state index is -1.08. The van der Waals surface area contributed by atoms with Gasteiger partial charge in [-0.3, -0.25) is 0 Å². The van der Waals surface area contributed by atoms with Crippen molar-refractivity contribution in [1.82, 2.24) is 0 Å². The van der Waals surface area contributed by atoms with Gasteiger partial charge in [0.25, 0.3) is 0 Å². The highest BCUT2D eigenvalue weighted by molar-refractivity contribution is 5.63. The summed E-state index contributed by atoms with van der Waals surface area (Å²) in [6, 6.07) is 0. The molecule has 0 aromatic carbocycles. The molecular formula is C58H108O12. The van der Waals surface area contributed by atoms with Crippen LogP contribution in [0.1, 0.15) is 274 Å². The van der Waals surface area contributed by atoms with Crippen molar-refractivity contribution in [3.63, 3.8) is 0 Å². The minimum absolute atomic E-state index is 0.137. The number of unbranched alkanes of at least 4 members (excludes halogenated alkanes) is 24. The standard InChI is InChI=1S/C58H108O12/c1-47(2)37-29-21-13-9-17-25-33-41-63-55(59)67-51-45-53(69-57(61)65-43-35-27-19-11-15-23-31-39-49(5)6)54(70-58(62)66-44-36-28-20-12-16-24-32-40-50(7)8)46-52(51)68-56(60)64-42-34-26-18-10-14-22-30-38-48(3)4/h47-54H,9-46H2,1-8H3. The maximum absolute atomic E-state index is 13.1. The summed E-state index contributed by atoms with van der Waals surface area (Å²) in [6.45, 7) is 18.8. The molecule has 412 valence electrons. The van der Waals surface area contributed by atoms with Crippen molar-refractivity contribution < 1.29 is 57.1 Å². The average molecular weight is 997 g/mol. The third-order valence-corrected chi connectivity index (χ3v) is 13.3. The summed E-state index contributed by atoms with van der Waals surface area (Å²) in [7, 11) is 0. The van der Waals surface area contributed by atoms with Crippen LogP contribution in [0.4, 0.5) is 19.2 Å². The van der Waals surface area contributed by atoms with Gasteiger partial charge in [-0.15, -0.1) is 0 Å². The van der Waals surface area contributed by atoms with Gasteiger partial charge >= 0.3 is 24.6 Å². The van der Waals surface area contributed by atoms with Crippen LogP contribution in [0, 0.1) is 23.7 Å². The highest BCUT2D eigenvalue weighted by Crippen LogP contribution is 2.31. The van der Waals surface area contributed by atoms with Crippen LogP contribution < -0.4 is 0 Å². The normalized spacial score (nSPS) is 17.0. The van der Waals surface area contributed by atoms with E-state index in [1.54, 1.807) is 0 Å². The van der Waals surface area contributed by atoms with Gasteiger partial charge in [-0.25, -0.2) is 19.2 Å². The third-order valence-electron chi connectivity index (χ3n) is 13.3. The lowest BCUT2D eigenvalue weighted by molar-refractivity contribution is -0.142. The van der Waals surface area contributed by atoms with Crippen LogP contribution in [-0.2, 0) is 37.9 Å². The summed E-state index contributed by atoms with van der Waals surface area (Å²) in [5.74, 6) is 2.95. The number of rotatable bonds is 44. The third kappa shape index (κ3) is 40.7. The zero-order valence-electron chi connectivity index (χ0n) is 46.4. The van der Waals surface area contributed by atoms with Crippen LogP contribution in [0.3, 0.4) is 0 Å². The van der Waals surface area contributed by atoms with Gasteiger partial charge in [0, 0.05) is 12.8 Å². The Morgan fingerprint density at radius 3 is 0.600 bits per heavy atom. The van der Waals surface area contributed by atoms with Crippen LogP contribution >= 0.6 is 0 Å². The number of hydrogen-bond acceptors (Lipinski definition) is 12. The Hall–Kier alpha value is -2.92. The van der Waals surface area contributed by atoms with Crippen molar-refractivity contribution in [2.24, 2.45) is 23.7 Å². The number of hydrogen-bond donors (Lipinski definition) is 0. The lowest BCUT2D eigenvalue weighted by Gasteiger charge is -2.38. The van der Waals surface area contributed by atoms with E-state index in [1.165, 1.54) is 103 Å². The van der Waals surface area contributed by atoms with E-state index in [2.05, 4.69) is 55.4 Å². The highest BCUT2D eigenvalue weighted by atomic mass is 16.8. The average Bonchev–Trinajstić information content (AvgIpc) is 3.29. The predicted molar refractivity (Wildman–Crippen MR) is 281 cm³/mol. The first-order chi connectivity index (χ1) is 33.8. The molecule has 0 radical (unpaired) electrons. The Morgan fingerprint density at radius 2 is 0.429 bits per heavy atom. The van der Waals surface area contributed by atoms with Gasteiger partial charge in [-0.1, -0.05) is 235 Å². The van der Waals surface area contributed by atoms with Gasteiger partial charge in [0.2, 0.25) is 0 Å². The Labute approximate surface area is 428 Å². The van der Waals surface area contributed by atoms with Gasteiger partial charge in [-0.05, 0) is 49.4 Å². The van der Waals surface area contributed by atoms with E-state index < -0.39 is 49.0 Å². The van der Waals surface area contributed by atoms with Crippen LogP contribution in [0.2, 0.25) is 0 Å². The Kier molecular flexibility index (Phi) is 41.6. The Morgan fingerprint density at radius 1 is 0.271 bits per heavy atom. The Bertz CT molecular complexity index is 1070. The highest BCUT2D eigenvalue weighted by Gasteiger charge is 2.46. The van der Waals surface area contributed by atoms with Gasteiger partial charge in [0.15, 0.2) is 0 Å². The first-order valence-corrected chi connectivity index (χ1v) is 29.1. The molecule has 12 nitrogen and oxygen atoms in total. The van der Waals surface area contributed by atoms with E-state index in [9.17, 15) is 19.2 Å². The lowest BCUT2D eigenvalue weighted by Crippen LogP contribution is -2.51. The molecule has 12 heteroatoms. The zero-order valence-corrected chi connectivity index (χ0v) is 46.4. The van der Waals surface area contributed by atoms with Gasteiger partial charge < -0.3 is 37.9 Å². The van der Waals surface area contributed by atoms with Gasteiger partial charge in [0.1, 0.15) is 24.4 Å². The second kappa shape index (κ2) is 44.8. The van der Waals surface area contributed by atoms with Crippen molar-refractivity contribution in [3.05, 3.63) is 0 Å². The second-order valence-corrected chi connectivity index (χ2v) is 22.1. The lowest BCUT2D eigenvalue weighted by atomic mass is 9.89. The molecule has 0 aliphatic heterocycles. The quantitative estimate of drug-likeness (QED) is 0.0326. The van der Waals surface area contributed by atoms with Crippen molar-refractivity contribution >= 4 is 24.6 Å². The van der Waals surface area contributed by atoms with E-state index in [-0.39, 0.29) is 39.3 Å². The summed E-state index contributed by atoms with van der Waals surface area (Å²) in [6.07, 6.45) is 27.0. The SMILES string of the molecule is CC(C)CCCCCCCCCOC(=O)OC1CC(OC(=O)OCCCCCCCCCC(C)C)C(OC(=O)OCCCCCCCCCC(C)C)CC1OC(=O)OCCCCCCCCCC(C)C. The first kappa shape index (κ1) is 65.1. The molecule has 0 aromatic rings. The Balaban J connectivity index is 2.90. The van der Waals surface area contributed by atoms with Crippen molar-refractivity contribution in [2.45, 2.75) is 298 Å². The minimum Gasteiger partial charge on any atom is -0.434 e. The van der Waals surface area contributed by atoms with E-state index in [0.717, 1.165) is 101 Å². The van der Waals surface area contributed by atoms with Crippen molar-refractivity contribution in [1.29, 1.82) is 0 Å². The van der Waals surface area contributed by atoms with Crippen LogP contribution in [0.25, 0.3) is 0 Å². The molecule has 4 unspecified atom stereocenters. The summed E-state index contributed by atoms with van der Waals surface area (Å²) in [5, 5.41) is 0. The van der Waals surface area contributed by atoms with E-state index in [0.29, 0.717) is 25.7 Å². The predicted octanol–water partition coefficient (Wildman–Crippen LogP) is 18.0. The molecule has 0 amide bonds. The van der Waals surface area contributed by atoms with Crippen LogP contribution in [-0.4, -0.2) is 75.5 Å². The summed E-state index contributed by atoms with van der Waals surface area (Å²) in [4.78, 5) is 52.5. The molecule has 0 spiro atoms. The molecule has 1 fully saturated rings. The maximum atomic E-state index is 13.1. The first-order valence-electron chi connectivity index (χ1n) is 29.1. The molecule has 4 atom stereocenters. The molecule has 0 heterocycles. The van der Waals surface area contributed by atoms with Crippen molar-refractivity contribution in [2.75, 3.05) is 26.4 Å². The fourth-order valence-corrected chi connectivity index (χ4v) is 8.97. The fraction of sp³-hybridized carbons (Fsp3) is 0.931. The molecule has 0 N–H and O–H groups in total. The molecule has 0 bridgehead atoms. The smallest absolute Gasteiger partial charge is 0.434 e. The summed E-state index contributed by atoms with van der Waals surface area (Å²) in [5.41, 5.74) is 0. The number of carbonyl (C=O) groups is 4. The van der Waals surface area contributed by atoms with E-state index >= 15 is 0 Å². The molecular weight excluding hydrogens is 889 g/mol. The largest absolute Gasteiger partial charge is 0.508 e. The molecule has 1 aliphatic carbocycles. The fourth-order valence-electron chi connectivity index (χ4n) is 8.97. The molecule has 1 saturated carbocycles. The molecule has 0 saturated heterocycles. The van der Waals surface area contributed by atoms with Crippen LogP contribution in [0.15, 0.2) is 0 Å². The van der Waals surface area contributed by atoms with E-state index in [1.807, 2.05) is 0 Å². The summed E-state index contributed by atoms with van der Waals surface area (Å²) >= 11 is 0. The monoisotopic (exact) mass is 997 g/mol. The van der Waals surface area contributed by atoms with Gasteiger partial charge in [0.05, 0.1) is 26.4 Å². The van der Waals surface area contributed by atoms with Crippen molar-refractivity contribution in [3.8, 4) is 0 Å². The topological polar surface area (TPSA) is 142 Å². The zero-order chi connectivity index (χ0) is 51.5. The molecule has 70 heavy (non-hydrogen) atoms. The maximum Gasteiger partial charge on any atom is 0.508 e. The number of ether oxygens (including phenoxy) is 8. The number of carbonyl (C=O) groups excluding carboxylic acids is 4. The van der Waals surface area contributed by atoms with Crippen LogP contribution in [0.5, 0.6) is 0 Å². The van der Waals surface area contributed by atoms with Gasteiger partial charge in [-0.2, -0.15) is 0 Å². The molecule has 0 aromatic heterocycles. The molecule has 1 rings (SSSR count). The van der Waals surface area contributed by atoms with E-state index in [4.69, 9.17) is 37.9 Å². The molecule has 1 aliphatic rings. The second-order valence-electron chi connectivity index (χ2n) is 22.1.